The van der Waals surface area contributed by atoms with Crippen molar-refractivity contribution in [1.29, 1.82) is 0 Å². The number of hydrogen-bond donors (Lipinski definition) is 1. The zero-order chi connectivity index (χ0) is 34.0. The van der Waals surface area contributed by atoms with Gasteiger partial charge in [0.1, 0.15) is 18.2 Å². The van der Waals surface area contributed by atoms with E-state index in [0.29, 0.717) is 29.5 Å². The molecule has 0 aliphatic carbocycles. The van der Waals surface area contributed by atoms with Crippen molar-refractivity contribution in [3.8, 4) is 5.75 Å². The third-order valence-corrected chi connectivity index (χ3v) is 6.25. The van der Waals surface area contributed by atoms with Crippen LogP contribution in [0.1, 0.15) is 59.8 Å². The number of rotatable bonds is 13. The number of esters is 3. The van der Waals surface area contributed by atoms with Gasteiger partial charge in [0.05, 0.1) is 26.2 Å². The fourth-order valence-corrected chi connectivity index (χ4v) is 3.90. The van der Waals surface area contributed by atoms with Crippen molar-refractivity contribution < 1.29 is 50.9 Å². The lowest BCUT2D eigenvalue weighted by Gasteiger charge is -2.14. The molecule has 2 N–H and O–H groups in total. The summed E-state index contributed by atoms with van der Waals surface area (Å²) in [5, 5.41) is 0. The molecule has 8 nitrogen and oxygen atoms in total. The molecule has 2 aromatic carbocycles. The first-order valence-electron chi connectivity index (χ1n) is 14.0. The zero-order valence-electron chi connectivity index (χ0n) is 26.0. The average molecular weight is 638 g/mol. The molecule has 0 unspecified atom stereocenters. The number of hydrogen-bond acceptors (Lipinski definition) is 8. The van der Waals surface area contributed by atoms with Gasteiger partial charge in [0.25, 0.3) is 0 Å². The highest BCUT2D eigenvalue weighted by molar-refractivity contribution is 5.94. The first-order chi connectivity index (χ1) is 21.3. The van der Waals surface area contributed by atoms with E-state index in [1.54, 1.807) is 30.4 Å². The van der Waals surface area contributed by atoms with Crippen molar-refractivity contribution in [3.63, 3.8) is 0 Å². The molecule has 0 amide bonds. The fraction of sp³-hybridized carbons (Fsp3) is 0.364. The van der Waals surface area contributed by atoms with Crippen LogP contribution in [0.25, 0.3) is 0 Å². The molecule has 0 saturated carbocycles. The zero-order valence-corrected chi connectivity index (χ0v) is 26.0. The summed E-state index contributed by atoms with van der Waals surface area (Å²) < 4.78 is 69.6. The van der Waals surface area contributed by atoms with Crippen molar-refractivity contribution >= 4 is 17.9 Å². The molecule has 0 aliphatic rings. The Balaban J connectivity index is 0.000000487. The number of carbonyl (C=O) groups excluding carboxylic acids is 3. The van der Waals surface area contributed by atoms with Crippen LogP contribution in [-0.2, 0) is 49.5 Å². The minimum absolute atomic E-state index is 0.00963. The summed E-state index contributed by atoms with van der Waals surface area (Å²) in [6.45, 7) is 5.58. The molecular weight excluding hydrogens is 598 g/mol. The Kier molecular flexibility index (Phi) is 16.8. The summed E-state index contributed by atoms with van der Waals surface area (Å²) in [6.07, 6.45) is 4.54. The summed E-state index contributed by atoms with van der Waals surface area (Å²) in [7, 11) is 2.43. The van der Waals surface area contributed by atoms with Crippen LogP contribution in [-0.4, -0.2) is 45.1 Å². The number of alkyl halides is 3. The molecule has 246 valence electrons. The minimum Gasteiger partial charge on any atom is -0.469 e. The van der Waals surface area contributed by atoms with Gasteiger partial charge >= 0.3 is 24.3 Å². The van der Waals surface area contributed by atoms with Crippen molar-refractivity contribution in [2.24, 2.45) is 5.73 Å². The molecule has 0 atom stereocenters. The lowest BCUT2D eigenvalue weighted by atomic mass is 9.96. The summed E-state index contributed by atoms with van der Waals surface area (Å²) in [5.41, 5.74) is 8.02. The highest BCUT2D eigenvalue weighted by atomic mass is 19.4. The van der Waals surface area contributed by atoms with Crippen molar-refractivity contribution in [3.05, 3.63) is 100 Å². The second-order valence-corrected chi connectivity index (χ2v) is 9.29. The van der Waals surface area contributed by atoms with E-state index >= 15 is 0 Å². The predicted octanol–water partition coefficient (Wildman–Crippen LogP) is 6.49. The van der Waals surface area contributed by atoms with Crippen LogP contribution in [0, 0.1) is 5.82 Å². The van der Waals surface area contributed by atoms with Gasteiger partial charge in [0.2, 0.25) is 0 Å². The number of methoxy groups -OCH3 is 2. The Morgan fingerprint density at radius 3 is 2.20 bits per heavy atom. The summed E-state index contributed by atoms with van der Waals surface area (Å²) in [4.78, 5) is 34.9. The van der Waals surface area contributed by atoms with E-state index in [1.165, 1.54) is 38.6 Å². The van der Waals surface area contributed by atoms with Gasteiger partial charge in [0, 0.05) is 23.8 Å². The van der Waals surface area contributed by atoms with Gasteiger partial charge in [-0.1, -0.05) is 56.4 Å². The van der Waals surface area contributed by atoms with E-state index in [9.17, 15) is 31.9 Å². The molecule has 0 saturated heterocycles. The van der Waals surface area contributed by atoms with Crippen LogP contribution >= 0.6 is 0 Å². The number of ether oxygens (including phenoxy) is 4. The van der Waals surface area contributed by atoms with E-state index in [0.717, 1.165) is 5.56 Å². The largest absolute Gasteiger partial charge is 0.573 e. The van der Waals surface area contributed by atoms with Crippen molar-refractivity contribution in [2.45, 2.75) is 59.2 Å². The first kappa shape index (κ1) is 38.4. The highest BCUT2D eigenvalue weighted by Gasteiger charge is 2.32. The molecule has 12 heteroatoms. The Morgan fingerprint density at radius 2 is 1.64 bits per heavy atom. The Morgan fingerprint density at radius 1 is 0.933 bits per heavy atom. The number of benzene rings is 2. The molecule has 0 bridgehead atoms. The van der Waals surface area contributed by atoms with E-state index in [2.05, 4.69) is 14.2 Å². The van der Waals surface area contributed by atoms with Gasteiger partial charge < -0.3 is 24.7 Å². The first-order valence-corrected chi connectivity index (χ1v) is 14.0. The molecule has 0 heterocycles. The molecule has 2 rings (SSSR count). The van der Waals surface area contributed by atoms with Gasteiger partial charge in [-0.3, -0.25) is 9.59 Å². The lowest BCUT2D eigenvalue weighted by Crippen LogP contribution is -2.18. The van der Waals surface area contributed by atoms with Crippen LogP contribution in [0.3, 0.4) is 0 Å². The number of carbonyl (C=O) groups is 3. The average Bonchev–Trinajstić information content (AvgIpc) is 3.02. The maximum atomic E-state index is 13.7. The third-order valence-electron chi connectivity index (χ3n) is 6.25. The number of allylic oxidation sites excluding steroid dienone is 3. The van der Waals surface area contributed by atoms with Crippen LogP contribution in [0.5, 0.6) is 5.75 Å². The normalized spacial score (nSPS) is 11.6. The Labute approximate surface area is 260 Å². The van der Waals surface area contributed by atoms with Gasteiger partial charge in [-0.2, -0.15) is 0 Å². The fourth-order valence-electron chi connectivity index (χ4n) is 3.90. The molecule has 2 aromatic rings. The SMILES string of the molecule is CCc1ccc(F)c(CC(=O)OC)c1C(=O)OC.C\C=C/C=C\C(=C/N)COC(=O)CCc1cc(CC)ccc1OC(F)(F)F. The van der Waals surface area contributed by atoms with Gasteiger partial charge in [-0.05, 0) is 55.0 Å². The highest BCUT2D eigenvalue weighted by Crippen LogP contribution is 2.28. The van der Waals surface area contributed by atoms with Gasteiger partial charge in [-0.25, -0.2) is 9.18 Å². The Hall–Kier alpha value is -4.61. The monoisotopic (exact) mass is 637 g/mol. The topological polar surface area (TPSA) is 114 Å². The van der Waals surface area contributed by atoms with Crippen molar-refractivity contribution in [2.75, 3.05) is 20.8 Å². The third kappa shape index (κ3) is 13.7. The van der Waals surface area contributed by atoms with Crippen LogP contribution in [0.2, 0.25) is 0 Å². The van der Waals surface area contributed by atoms with Crippen molar-refractivity contribution in [1.82, 2.24) is 0 Å². The number of halogens is 4. The molecular formula is C33H39F4NO7. The molecule has 0 fully saturated rings. The molecule has 45 heavy (non-hydrogen) atoms. The van der Waals surface area contributed by atoms with E-state index in [-0.39, 0.29) is 42.7 Å². The maximum absolute atomic E-state index is 13.7. The molecule has 0 spiro atoms. The second-order valence-electron chi connectivity index (χ2n) is 9.29. The lowest BCUT2D eigenvalue weighted by molar-refractivity contribution is -0.274. The maximum Gasteiger partial charge on any atom is 0.573 e. The smallest absolute Gasteiger partial charge is 0.469 e. The van der Waals surface area contributed by atoms with E-state index in [1.807, 2.05) is 26.8 Å². The molecule has 0 aliphatic heterocycles. The van der Waals surface area contributed by atoms with E-state index < -0.39 is 30.1 Å². The van der Waals surface area contributed by atoms with Gasteiger partial charge in [-0.15, -0.1) is 13.2 Å². The van der Waals surface area contributed by atoms with Crippen LogP contribution < -0.4 is 10.5 Å². The summed E-state index contributed by atoms with van der Waals surface area (Å²) >= 11 is 0. The quantitative estimate of drug-likeness (QED) is 0.115. The van der Waals surface area contributed by atoms with Crippen LogP contribution in [0.4, 0.5) is 17.6 Å². The standard InChI is InChI=1S/C20H24F3NO3.C13H15FO4/c1-3-5-6-7-16(13-24)14-26-19(25)11-9-17-12-15(4-2)8-10-18(17)27-20(21,22)23;1-4-8-5-6-10(14)9(7-11(15)17-2)12(8)13(16)18-3/h3,5-8,10,12-13H,4,9,11,14,24H2,1-2H3;5-6H,4,7H2,1-3H3/b5-3-,7-6-,16-13+;. The molecule has 0 aromatic heterocycles. The molecule has 0 radical (unpaired) electrons. The summed E-state index contributed by atoms with van der Waals surface area (Å²) in [5.74, 6) is -2.70. The predicted molar refractivity (Wildman–Crippen MR) is 161 cm³/mol. The number of nitrogens with two attached hydrogens (primary N) is 1. The van der Waals surface area contributed by atoms with Gasteiger partial charge in [0.15, 0.2) is 0 Å². The Bertz CT molecular complexity index is 1380. The van der Waals surface area contributed by atoms with E-state index in [4.69, 9.17) is 10.5 Å². The van der Waals surface area contributed by atoms with Crippen LogP contribution in [0.15, 0.2) is 66.4 Å². The summed E-state index contributed by atoms with van der Waals surface area (Å²) in [6, 6.07) is 7.21. The second kappa shape index (κ2) is 19.6. The number of aryl methyl sites for hydroxylation is 3. The minimum atomic E-state index is -4.79.